The second-order valence-corrected chi connectivity index (χ2v) is 4.93. The molecule has 1 atom stereocenters. The maximum atomic E-state index is 13.7. The Labute approximate surface area is 116 Å². The average Bonchev–Trinajstić information content (AvgIpc) is 2.32. The summed E-state index contributed by atoms with van der Waals surface area (Å²) in [5.41, 5.74) is 2.28. The zero-order valence-corrected chi connectivity index (χ0v) is 11.4. The first-order valence-electron chi connectivity index (χ1n) is 5.95. The van der Waals surface area contributed by atoms with Gasteiger partial charge in [0.25, 0.3) is 0 Å². The van der Waals surface area contributed by atoms with Gasteiger partial charge in [-0.3, -0.25) is 0 Å². The molecule has 0 aromatic heterocycles. The molecule has 0 fully saturated rings. The lowest BCUT2D eigenvalue weighted by Gasteiger charge is -2.18. The van der Waals surface area contributed by atoms with Crippen molar-refractivity contribution in [2.45, 2.75) is 19.9 Å². The van der Waals surface area contributed by atoms with Crippen molar-refractivity contribution >= 4 is 17.3 Å². The second kappa shape index (κ2) is 5.57. The second-order valence-electron chi connectivity index (χ2n) is 4.49. The quantitative estimate of drug-likeness (QED) is 0.825. The lowest BCUT2D eigenvalue weighted by molar-refractivity contribution is 0.566. The maximum absolute atomic E-state index is 13.7. The van der Waals surface area contributed by atoms with Crippen LogP contribution in [0.2, 0.25) is 5.02 Å². The number of anilines is 1. The van der Waals surface area contributed by atoms with E-state index >= 15 is 0 Å². The third-order valence-electron chi connectivity index (χ3n) is 2.99. The normalized spacial score (nSPS) is 12.3. The molecule has 2 rings (SSSR count). The summed E-state index contributed by atoms with van der Waals surface area (Å²) in [5, 5.41) is 3.85. The Morgan fingerprint density at radius 1 is 1.11 bits per heavy atom. The van der Waals surface area contributed by atoms with Crippen LogP contribution in [-0.2, 0) is 0 Å². The minimum atomic E-state index is -0.573. The Morgan fingerprint density at radius 2 is 1.84 bits per heavy atom. The number of hydrogen-bond acceptors (Lipinski definition) is 1. The van der Waals surface area contributed by atoms with E-state index < -0.39 is 11.6 Å². The Kier molecular flexibility index (Phi) is 4.05. The van der Waals surface area contributed by atoms with Crippen LogP contribution in [0.5, 0.6) is 0 Å². The van der Waals surface area contributed by atoms with E-state index in [1.807, 2.05) is 26.0 Å². The van der Waals surface area contributed by atoms with E-state index in [1.54, 1.807) is 6.07 Å². The van der Waals surface area contributed by atoms with Crippen LogP contribution in [0.15, 0.2) is 36.4 Å². The van der Waals surface area contributed by atoms with Gasteiger partial charge in [-0.05, 0) is 43.7 Å². The monoisotopic (exact) mass is 281 g/mol. The van der Waals surface area contributed by atoms with E-state index in [4.69, 9.17) is 11.6 Å². The maximum Gasteiger partial charge on any atom is 0.131 e. The number of hydrogen-bond donors (Lipinski definition) is 1. The highest BCUT2D eigenvalue weighted by molar-refractivity contribution is 6.30. The van der Waals surface area contributed by atoms with Gasteiger partial charge in [-0.25, -0.2) is 8.78 Å². The van der Waals surface area contributed by atoms with Crippen molar-refractivity contribution in [2.24, 2.45) is 0 Å². The van der Waals surface area contributed by atoms with Crippen LogP contribution in [0.25, 0.3) is 0 Å². The molecule has 0 amide bonds. The van der Waals surface area contributed by atoms with Crippen LogP contribution in [-0.4, -0.2) is 0 Å². The third-order valence-corrected chi connectivity index (χ3v) is 3.22. The summed E-state index contributed by atoms with van der Waals surface area (Å²) < 4.78 is 26.5. The third kappa shape index (κ3) is 3.24. The Balaban J connectivity index is 2.23. The van der Waals surface area contributed by atoms with Crippen molar-refractivity contribution in [3.8, 4) is 0 Å². The van der Waals surface area contributed by atoms with Crippen molar-refractivity contribution in [3.05, 3.63) is 64.2 Å². The number of rotatable bonds is 3. The smallest absolute Gasteiger partial charge is 0.131 e. The van der Waals surface area contributed by atoms with Gasteiger partial charge in [0.2, 0.25) is 0 Å². The van der Waals surface area contributed by atoms with Gasteiger partial charge in [-0.1, -0.05) is 17.7 Å². The van der Waals surface area contributed by atoms with Crippen molar-refractivity contribution in [2.75, 3.05) is 5.32 Å². The lowest BCUT2D eigenvalue weighted by Crippen LogP contribution is -2.09. The van der Waals surface area contributed by atoms with Crippen molar-refractivity contribution in [3.63, 3.8) is 0 Å². The molecule has 0 aliphatic rings. The highest BCUT2D eigenvalue weighted by Crippen LogP contribution is 2.26. The Hall–Kier alpha value is -1.61. The summed E-state index contributed by atoms with van der Waals surface area (Å²) in [6, 6.07) is 8.78. The fourth-order valence-corrected chi connectivity index (χ4v) is 2.18. The highest BCUT2D eigenvalue weighted by atomic mass is 35.5. The van der Waals surface area contributed by atoms with Crippen LogP contribution >= 0.6 is 11.6 Å². The lowest BCUT2D eigenvalue weighted by atomic mass is 10.1. The van der Waals surface area contributed by atoms with Gasteiger partial charge in [0.05, 0.1) is 6.04 Å². The summed E-state index contributed by atoms with van der Waals surface area (Å²) in [4.78, 5) is 0. The zero-order chi connectivity index (χ0) is 14.0. The molecule has 0 spiro atoms. The van der Waals surface area contributed by atoms with Crippen LogP contribution in [0.4, 0.5) is 14.5 Å². The molecule has 1 unspecified atom stereocenters. The van der Waals surface area contributed by atoms with Gasteiger partial charge >= 0.3 is 0 Å². The molecule has 0 saturated heterocycles. The number of benzene rings is 2. The number of aryl methyl sites for hydroxylation is 1. The Bertz CT molecular complexity index is 599. The van der Waals surface area contributed by atoms with Crippen LogP contribution in [0.3, 0.4) is 0 Å². The predicted octanol–water partition coefficient (Wildman–Crippen LogP) is 5.10. The van der Waals surface area contributed by atoms with Gasteiger partial charge in [-0.2, -0.15) is 0 Å². The van der Waals surface area contributed by atoms with Crippen molar-refractivity contribution in [1.82, 2.24) is 0 Å². The van der Waals surface area contributed by atoms with Crippen LogP contribution in [0.1, 0.15) is 24.1 Å². The van der Waals surface area contributed by atoms with Gasteiger partial charge in [-0.15, -0.1) is 0 Å². The molecule has 0 saturated carbocycles. The van der Waals surface area contributed by atoms with E-state index in [9.17, 15) is 8.78 Å². The van der Waals surface area contributed by atoms with E-state index in [2.05, 4.69) is 5.32 Å². The predicted molar refractivity (Wildman–Crippen MR) is 74.6 cm³/mol. The first kappa shape index (κ1) is 13.8. The topological polar surface area (TPSA) is 12.0 Å². The standard InChI is InChI=1S/C15H14ClF2N/c1-9-7-11(16)3-6-15(9)19-10(2)13-5-4-12(17)8-14(13)18/h3-8,10,19H,1-2H3. The first-order valence-corrected chi connectivity index (χ1v) is 6.33. The van der Waals surface area contributed by atoms with E-state index in [1.165, 1.54) is 12.1 Å². The average molecular weight is 282 g/mol. The summed E-state index contributed by atoms with van der Waals surface area (Å²) in [7, 11) is 0. The Morgan fingerprint density at radius 3 is 2.47 bits per heavy atom. The fourth-order valence-electron chi connectivity index (χ4n) is 1.95. The van der Waals surface area contributed by atoms with E-state index in [-0.39, 0.29) is 6.04 Å². The molecule has 1 nitrogen and oxygen atoms in total. The van der Waals surface area contributed by atoms with Crippen LogP contribution < -0.4 is 5.32 Å². The molecule has 2 aromatic rings. The van der Waals surface area contributed by atoms with Gasteiger partial charge in [0.15, 0.2) is 0 Å². The zero-order valence-electron chi connectivity index (χ0n) is 10.7. The SMILES string of the molecule is Cc1cc(Cl)ccc1NC(C)c1ccc(F)cc1F. The minimum absolute atomic E-state index is 0.263. The molecule has 0 heterocycles. The van der Waals surface area contributed by atoms with Gasteiger partial charge in [0, 0.05) is 22.3 Å². The van der Waals surface area contributed by atoms with Crippen molar-refractivity contribution in [1.29, 1.82) is 0 Å². The number of nitrogens with one attached hydrogen (secondary N) is 1. The largest absolute Gasteiger partial charge is 0.378 e. The molecular weight excluding hydrogens is 268 g/mol. The molecule has 0 aliphatic carbocycles. The van der Waals surface area contributed by atoms with Gasteiger partial charge in [0.1, 0.15) is 11.6 Å². The summed E-state index contributed by atoms with van der Waals surface area (Å²) in [6.07, 6.45) is 0. The molecule has 19 heavy (non-hydrogen) atoms. The van der Waals surface area contributed by atoms with E-state index in [0.717, 1.165) is 17.3 Å². The van der Waals surface area contributed by atoms with E-state index in [0.29, 0.717) is 10.6 Å². The molecule has 0 radical (unpaired) electrons. The molecule has 0 aliphatic heterocycles. The summed E-state index contributed by atoms with van der Waals surface area (Å²) in [5.74, 6) is -1.12. The molecule has 2 aromatic carbocycles. The minimum Gasteiger partial charge on any atom is -0.378 e. The summed E-state index contributed by atoms with van der Waals surface area (Å²) >= 11 is 5.88. The van der Waals surface area contributed by atoms with Gasteiger partial charge < -0.3 is 5.32 Å². The molecular formula is C15H14ClF2N. The summed E-state index contributed by atoms with van der Waals surface area (Å²) in [6.45, 7) is 3.74. The molecule has 100 valence electrons. The fraction of sp³-hybridized carbons (Fsp3) is 0.200. The van der Waals surface area contributed by atoms with Crippen molar-refractivity contribution < 1.29 is 8.78 Å². The first-order chi connectivity index (χ1) is 8.97. The molecule has 0 bridgehead atoms. The molecule has 1 N–H and O–H groups in total. The number of halogens is 3. The highest BCUT2D eigenvalue weighted by Gasteiger charge is 2.12. The molecule has 4 heteroatoms. The van der Waals surface area contributed by atoms with Crippen LogP contribution in [0, 0.1) is 18.6 Å².